The van der Waals surface area contributed by atoms with Crippen molar-refractivity contribution in [3.8, 4) is 0 Å². The number of morpholine rings is 1. The number of aliphatic hydroxyl groups excluding tert-OH is 1. The lowest BCUT2D eigenvalue weighted by Gasteiger charge is -2.40. The Morgan fingerprint density at radius 1 is 1.30 bits per heavy atom. The first-order chi connectivity index (χ1) is 9.36. The number of benzene rings is 1. The van der Waals surface area contributed by atoms with Crippen LogP contribution in [0, 0.1) is 6.92 Å². The van der Waals surface area contributed by atoms with E-state index in [2.05, 4.69) is 0 Å². The van der Waals surface area contributed by atoms with Crippen molar-refractivity contribution in [3.63, 3.8) is 0 Å². The first-order valence-corrected chi connectivity index (χ1v) is 8.15. The molecule has 0 amide bonds. The summed E-state index contributed by atoms with van der Waals surface area (Å²) in [6, 6.07) is 6.54. The van der Waals surface area contributed by atoms with E-state index in [0.717, 1.165) is 5.56 Å². The van der Waals surface area contributed by atoms with Crippen LogP contribution >= 0.6 is 0 Å². The molecule has 0 spiro atoms. The van der Waals surface area contributed by atoms with Gasteiger partial charge in [0.05, 0.1) is 23.7 Å². The second-order valence-electron chi connectivity index (χ2n) is 5.27. The number of aryl methyl sites for hydroxylation is 1. The maximum absolute atomic E-state index is 12.7. The van der Waals surface area contributed by atoms with E-state index in [1.165, 1.54) is 4.31 Å². The molecule has 0 bridgehead atoms. The Bertz CT molecular complexity index is 555. The molecule has 1 aliphatic rings. The van der Waals surface area contributed by atoms with Gasteiger partial charge >= 0.3 is 0 Å². The topological polar surface area (TPSA) is 66.8 Å². The molecule has 3 atom stereocenters. The quantitative estimate of drug-likeness (QED) is 0.909. The van der Waals surface area contributed by atoms with Crippen LogP contribution in [0.15, 0.2) is 29.2 Å². The lowest BCUT2D eigenvalue weighted by molar-refractivity contribution is -0.0981. The Hall–Kier alpha value is -0.950. The monoisotopic (exact) mass is 299 g/mol. The Morgan fingerprint density at radius 2 is 1.90 bits per heavy atom. The molecule has 1 fully saturated rings. The van der Waals surface area contributed by atoms with Gasteiger partial charge in [0.2, 0.25) is 10.0 Å². The Morgan fingerprint density at radius 3 is 2.45 bits per heavy atom. The summed E-state index contributed by atoms with van der Waals surface area (Å²) in [6.45, 7) is 5.56. The standard InChI is InChI=1S/C14H21NO4S/c1-10-4-6-14(7-5-10)20(17,18)15-8-13(9-16)19-12(3)11(15)2/h4-7,11-13,16H,8-9H2,1-3H3/t11-,12+,13+/m1/s1. The number of aliphatic hydroxyl groups is 1. The third-order valence-corrected chi connectivity index (χ3v) is 5.72. The van der Waals surface area contributed by atoms with Crippen LogP contribution in [-0.4, -0.2) is 49.2 Å². The molecule has 5 nitrogen and oxygen atoms in total. The molecular formula is C14H21NO4S. The van der Waals surface area contributed by atoms with Crippen LogP contribution in [0.2, 0.25) is 0 Å². The highest BCUT2D eigenvalue weighted by Gasteiger charge is 2.38. The molecule has 1 aromatic rings. The van der Waals surface area contributed by atoms with Crippen molar-refractivity contribution in [2.45, 2.75) is 43.9 Å². The highest BCUT2D eigenvalue weighted by molar-refractivity contribution is 7.89. The van der Waals surface area contributed by atoms with E-state index in [4.69, 9.17) is 4.74 Å². The summed E-state index contributed by atoms with van der Waals surface area (Å²) in [6.07, 6.45) is -0.720. The Kier molecular flexibility index (Phi) is 4.49. The Balaban J connectivity index is 2.34. The molecule has 0 unspecified atom stereocenters. The molecule has 112 valence electrons. The van der Waals surface area contributed by atoms with Gasteiger partial charge in [0.15, 0.2) is 0 Å². The fourth-order valence-corrected chi connectivity index (χ4v) is 4.05. The van der Waals surface area contributed by atoms with Gasteiger partial charge in [-0.1, -0.05) is 17.7 Å². The summed E-state index contributed by atoms with van der Waals surface area (Å²) in [5.41, 5.74) is 1.01. The molecule has 0 aliphatic carbocycles. The molecule has 1 aromatic carbocycles. The van der Waals surface area contributed by atoms with Crippen LogP contribution in [0.25, 0.3) is 0 Å². The minimum Gasteiger partial charge on any atom is -0.394 e. The SMILES string of the molecule is Cc1ccc(S(=O)(=O)N2C[C@@H](CO)O[C@@H](C)[C@H]2C)cc1. The number of rotatable bonds is 3. The second-order valence-corrected chi connectivity index (χ2v) is 7.16. The van der Waals surface area contributed by atoms with E-state index in [1.807, 2.05) is 20.8 Å². The van der Waals surface area contributed by atoms with E-state index in [-0.39, 0.29) is 30.2 Å². The average Bonchev–Trinajstić information content (AvgIpc) is 2.42. The lowest BCUT2D eigenvalue weighted by Crippen LogP contribution is -2.55. The number of sulfonamides is 1. The minimum absolute atomic E-state index is 0.179. The average molecular weight is 299 g/mol. The maximum Gasteiger partial charge on any atom is 0.243 e. The second kappa shape index (κ2) is 5.81. The number of hydrogen-bond donors (Lipinski definition) is 1. The maximum atomic E-state index is 12.7. The number of ether oxygens (including phenoxy) is 1. The van der Waals surface area contributed by atoms with Crippen molar-refractivity contribution < 1.29 is 18.3 Å². The van der Waals surface area contributed by atoms with E-state index in [9.17, 15) is 13.5 Å². The van der Waals surface area contributed by atoms with Gasteiger partial charge in [0, 0.05) is 12.6 Å². The van der Waals surface area contributed by atoms with Gasteiger partial charge in [-0.15, -0.1) is 0 Å². The number of nitrogens with zero attached hydrogens (tertiary/aromatic N) is 1. The lowest BCUT2D eigenvalue weighted by atomic mass is 10.1. The van der Waals surface area contributed by atoms with Gasteiger partial charge in [0.1, 0.15) is 0 Å². The zero-order chi connectivity index (χ0) is 14.9. The van der Waals surface area contributed by atoms with Crippen molar-refractivity contribution in [1.29, 1.82) is 0 Å². The van der Waals surface area contributed by atoms with Crippen LogP contribution in [0.1, 0.15) is 19.4 Å². The van der Waals surface area contributed by atoms with Crippen molar-refractivity contribution in [2.75, 3.05) is 13.2 Å². The molecule has 1 N–H and O–H groups in total. The van der Waals surface area contributed by atoms with Gasteiger partial charge in [0.25, 0.3) is 0 Å². The molecule has 0 aromatic heterocycles. The fraction of sp³-hybridized carbons (Fsp3) is 0.571. The van der Waals surface area contributed by atoms with E-state index in [1.54, 1.807) is 24.3 Å². The summed E-state index contributed by atoms with van der Waals surface area (Å²) < 4.78 is 32.4. The predicted molar refractivity (Wildman–Crippen MR) is 76.0 cm³/mol. The highest BCUT2D eigenvalue weighted by Crippen LogP contribution is 2.25. The molecular weight excluding hydrogens is 278 g/mol. The Labute approximate surface area is 120 Å². The van der Waals surface area contributed by atoms with Crippen LogP contribution in [0.5, 0.6) is 0 Å². The van der Waals surface area contributed by atoms with Gasteiger partial charge < -0.3 is 9.84 Å². The molecule has 0 saturated carbocycles. The fourth-order valence-electron chi connectivity index (χ4n) is 2.32. The van der Waals surface area contributed by atoms with Crippen molar-refractivity contribution in [1.82, 2.24) is 4.31 Å². The first-order valence-electron chi connectivity index (χ1n) is 6.71. The van der Waals surface area contributed by atoms with Crippen LogP contribution in [0.3, 0.4) is 0 Å². The van der Waals surface area contributed by atoms with Crippen LogP contribution in [0.4, 0.5) is 0 Å². The predicted octanol–water partition coefficient (Wildman–Crippen LogP) is 1.15. The van der Waals surface area contributed by atoms with Gasteiger partial charge in [-0.2, -0.15) is 4.31 Å². The van der Waals surface area contributed by atoms with Crippen molar-refractivity contribution in [2.24, 2.45) is 0 Å². The third-order valence-electron chi connectivity index (χ3n) is 3.76. The largest absolute Gasteiger partial charge is 0.394 e. The van der Waals surface area contributed by atoms with Crippen LogP contribution < -0.4 is 0 Å². The van der Waals surface area contributed by atoms with E-state index < -0.39 is 16.1 Å². The normalized spacial score (nSPS) is 28.5. The summed E-state index contributed by atoms with van der Waals surface area (Å²) in [5.74, 6) is 0. The molecule has 1 saturated heterocycles. The summed E-state index contributed by atoms with van der Waals surface area (Å²) in [7, 11) is -3.56. The third kappa shape index (κ3) is 2.88. The molecule has 6 heteroatoms. The minimum atomic E-state index is -3.56. The summed E-state index contributed by atoms with van der Waals surface area (Å²) in [5, 5.41) is 9.24. The van der Waals surface area contributed by atoms with E-state index in [0.29, 0.717) is 0 Å². The van der Waals surface area contributed by atoms with Crippen molar-refractivity contribution >= 4 is 10.0 Å². The van der Waals surface area contributed by atoms with Crippen LogP contribution in [-0.2, 0) is 14.8 Å². The first kappa shape index (κ1) is 15.4. The van der Waals surface area contributed by atoms with Gasteiger partial charge in [-0.25, -0.2) is 8.42 Å². The van der Waals surface area contributed by atoms with Crippen molar-refractivity contribution in [3.05, 3.63) is 29.8 Å². The van der Waals surface area contributed by atoms with Gasteiger partial charge in [-0.05, 0) is 32.9 Å². The zero-order valence-corrected chi connectivity index (χ0v) is 12.8. The molecule has 0 radical (unpaired) electrons. The number of hydrogen-bond acceptors (Lipinski definition) is 4. The summed E-state index contributed by atoms with van der Waals surface area (Å²) in [4.78, 5) is 0.278. The molecule has 20 heavy (non-hydrogen) atoms. The summed E-state index contributed by atoms with van der Waals surface area (Å²) >= 11 is 0. The van der Waals surface area contributed by atoms with E-state index >= 15 is 0 Å². The zero-order valence-electron chi connectivity index (χ0n) is 12.0. The highest BCUT2D eigenvalue weighted by atomic mass is 32.2. The smallest absolute Gasteiger partial charge is 0.243 e. The molecule has 1 aliphatic heterocycles. The molecule has 1 heterocycles. The van der Waals surface area contributed by atoms with Gasteiger partial charge in [-0.3, -0.25) is 0 Å². The molecule has 2 rings (SSSR count).